The molecular formula is C27H30N2O6. The van der Waals surface area contributed by atoms with Crippen molar-refractivity contribution in [2.24, 2.45) is 5.92 Å². The molecule has 0 radical (unpaired) electrons. The summed E-state index contributed by atoms with van der Waals surface area (Å²) >= 11 is 0. The Labute approximate surface area is 204 Å². The fourth-order valence-corrected chi connectivity index (χ4v) is 5.87. The van der Waals surface area contributed by atoms with Gasteiger partial charge in [-0.1, -0.05) is 55.5 Å². The molecule has 3 aliphatic rings. The fraction of sp³-hybridized carbons (Fsp3) is 0.444. The van der Waals surface area contributed by atoms with Crippen LogP contribution in [0.25, 0.3) is 11.1 Å². The lowest BCUT2D eigenvalue weighted by Crippen LogP contribution is -2.57. The van der Waals surface area contributed by atoms with Gasteiger partial charge in [-0.3, -0.25) is 4.79 Å². The molecule has 2 aromatic carbocycles. The van der Waals surface area contributed by atoms with Crippen LogP contribution in [0.15, 0.2) is 48.5 Å². The van der Waals surface area contributed by atoms with E-state index in [2.05, 4.69) is 29.6 Å². The first-order chi connectivity index (χ1) is 17.0. The number of alkyl carbamates (subject to hydrolysis) is 1. The number of carbonyl (C=O) groups excluding carboxylic acids is 2. The number of fused-ring (bicyclic) bond motifs is 3. The quantitative estimate of drug-likeness (QED) is 0.659. The van der Waals surface area contributed by atoms with Crippen molar-refractivity contribution in [3.8, 4) is 11.1 Å². The number of likely N-dealkylation sites (tertiary alicyclic amines) is 1. The standard InChI is InChI=1S/C27H30N2O6/c1-2-27(25(31)32)12-7-13-29(27)24(30)22-14-34-16-23(22)28-26(33)35-15-21-19-10-5-3-8-17(19)18-9-4-6-11-20(18)21/h3-6,8-11,21-23H,2,7,12-16H2,1H3,(H,28,33)(H,31,32). The van der Waals surface area contributed by atoms with E-state index in [1.807, 2.05) is 24.3 Å². The maximum Gasteiger partial charge on any atom is 0.407 e. The Bertz CT molecular complexity index is 1100. The minimum atomic E-state index is -1.19. The van der Waals surface area contributed by atoms with Crippen LogP contribution in [0.2, 0.25) is 0 Å². The Balaban J connectivity index is 1.24. The molecule has 5 rings (SSSR count). The average Bonchev–Trinajstić information content (AvgIpc) is 3.59. The van der Waals surface area contributed by atoms with Crippen molar-refractivity contribution in [3.05, 3.63) is 59.7 Å². The van der Waals surface area contributed by atoms with Gasteiger partial charge in [-0.2, -0.15) is 0 Å². The average molecular weight is 479 g/mol. The summed E-state index contributed by atoms with van der Waals surface area (Å²) in [5.74, 6) is -1.96. The number of ether oxygens (including phenoxy) is 2. The molecule has 2 aromatic rings. The number of aliphatic carboxylic acids is 1. The minimum absolute atomic E-state index is 0.0595. The summed E-state index contributed by atoms with van der Waals surface area (Å²) in [4.78, 5) is 39.6. The number of carboxylic acids is 1. The second kappa shape index (κ2) is 9.34. The molecule has 184 valence electrons. The van der Waals surface area contributed by atoms with E-state index in [9.17, 15) is 19.5 Å². The largest absolute Gasteiger partial charge is 0.479 e. The molecule has 2 aliphatic heterocycles. The van der Waals surface area contributed by atoms with Crippen molar-refractivity contribution < 1.29 is 29.0 Å². The second-order valence-corrected chi connectivity index (χ2v) is 9.50. The van der Waals surface area contributed by atoms with Gasteiger partial charge >= 0.3 is 12.1 Å². The number of nitrogens with one attached hydrogen (secondary N) is 1. The van der Waals surface area contributed by atoms with Crippen molar-refractivity contribution >= 4 is 18.0 Å². The van der Waals surface area contributed by atoms with E-state index in [1.165, 1.54) is 4.90 Å². The van der Waals surface area contributed by atoms with Gasteiger partial charge < -0.3 is 24.8 Å². The maximum atomic E-state index is 13.4. The zero-order chi connectivity index (χ0) is 24.6. The SMILES string of the molecule is CCC1(C(=O)O)CCCN1C(=O)C1COCC1NC(=O)OCC1c2ccccc2-c2ccccc21. The third-order valence-corrected chi connectivity index (χ3v) is 7.78. The van der Waals surface area contributed by atoms with Crippen LogP contribution < -0.4 is 5.32 Å². The van der Waals surface area contributed by atoms with Crippen LogP contribution in [0.5, 0.6) is 0 Å². The highest BCUT2D eigenvalue weighted by molar-refractivity contribution is 5.89. The molecule has 2 N–H and O–H groups in total. The normalized spacial score (nSPS) is 25.2. The van der Waals surface area contributed by atoms with Crippen LogP contribution >= 0.6 is 0 Å². The Kier molecular flexibility index (Phi) is 6.23. The zero-order valence-electron chi connectivity index (χ0n) is 19.7. The molecule has 2 saturated heterocycles. The minimum Gasteiger partial charge on any atom is -0.479 e. The van der Waals surface area contributed by atoms with Gasteiger partial charge in [-0.05, 0) is 41.5 Å². The number of carboxylic acid groups (broad SMARTS) is 1. The summed E-state index contributed by atoms with van der Waals surface area (Å²) in [7, 11) is 0. The summed E-state index contributed by atoms with van der Waals surface area (Å²) in [6, 6.07) is 15.7. The van der Waals surface area contributed by atoms with Gasteiger partial charge in [0.1, 0.15) is 12.1 Å². The van der Waals surface area contributed by atoms with Crippen LogP contribution in [0.1, 0.15) is 43.2 Å². The van der Waals surface area contributed by atoms with E-state index in [0.717, 1.165) is 22.3 Å². The number of carbonyl (C=O) groups is 3. The molecule has 35 heavy (non-hydrogen) atoms. The van der Waals surface area contributed by atoms with E-state index in [1.54, 1.807) is 6.92 Å². The number of rotatable bonds is 6. The molecule has 8 heteroatoms. The van der Waals surface area contributed by atoms with Crippen LogP contribution in [-0.2, 0) is 19.1 Å². The van der Waals surface area contributed by atoms with Crippen molar-refractivity contribution in [3.63, 3.8) is 0 Å². The molecule has 0 aromatic heterocycles. The van der Waals surface area contributed by atoms with Crippen molar-refractivity contribution in [2.45, 2.75) is 43.7 Å². The first-order valence-electron chi connectivity index (χ1n) is 12.2. The number of hydrogen-bond donors (Lipinski definition) is 2. The fourth-order valence-electron chi connectivity index (χ4n) is 5.87. The topological polar surface area (TPSA) is 105 Å². The molecule has 3 unspecified atom stereocenters. The van der Waals surface area contributed by atoms with E-state index in [0.29, 0.717) is 25.8 Å². The van der Waals surface area contributed by atoms with Crippen LogP contribution in [0, 0.1) is 5.92 Å². The van der Waals surface area contributed by atoms with Gasteiger partial charge in [0, 0.05) is 12.5 Å². The summed E-state index contributed by atoms with van der Waals surface area (Å²) in [5, 5.41) is 12.6. The molecule has 0 bridgehead atoms. The van der Waals surface area contributed by atoms with Crippen LogP contribution in [0.3, 0.4) is 0 Å². The summed E-state index contributed by atoms with van der Waals surface area (Å²) in [5.41, 5.74) is 3.36. The van der Waals surface area contributed by atoms with Gasteiger partial charge in [0.2, 0.25) is 5.91 Å². The molecule has 1 aliphatic carbocycles. The first kappa shape index (κ1) is 23.4. The highest BCUT2D eigenvalue weighted by Crippen LogP contribution is 2.44. The third kappa shape index (κ3) is 3.95. The summed E-state index contributed by atoms with van der Waals surface area (Å²) in [6.07, 6.45) is 0.806. The monoisotopic (exact) mass is 478 g/mol. The molecule has 2 heterocycles. The van der Waals surface area contributed by atoms with Crippen molar-refractivity contribution in [1.82, 2.24) is 10.2 Å². The van der Waals surface area contributed by atoms with Gasteiger partial charge in [0.05, 0.1) is 25.2 Å². The van der Waals surface area contributed by atoms with Crippen LogP contribution in [0.4, 0.5) is 4.79 Å². The Morgan fingerprint density at radius 2 is 1.74 bits per heavy atom. The lowest BCUT2D eigenvalue weighted by molar-refractivity contribution is -0.158. The lowest BCUT2D eigenvalue weighted by Gasteiger charge is -2.36. The second-order valence-electron chi connectivity index (χ2n) is 9.50. The van der Waals surface area contributed by atoms with Crippen molar-refractivity contribution in [2.75, 3.05) is 26.4 Å². The van der Waals surface area contributed by atoms with Crippen molar-refractivity contribution in [1.29, 1.82) is 0 Å². The highest BCUT2D eigenvalue weighted by atomic mass is 16.5. The number of hydrogen-bond acceptors (Lipinski definition) is 5. The van der Waals surface area contributed by atoms with Gasteiger partial charge in [0.15, 0.2) is 0 Å². The number of amides is 2. The number of benzene rings is 2. The van der Waals surface area contributed by atoms with E-state index >= 15 is 0 Å². The van der Waals surface area contributed by atoms with E-state index < -0.39 is 29.6 Å². The Hall–Kier alpha value is -3.39. The number of nitrogens with zero attached hydrogens (tertiary/aromatic N) is 1. The smallest absolute Gasteiger partial charge is 0.407 e. The van der Waals surface area contributed by atoms with Gasteiger partial charge in [-0.15, -0.1) is 0 Å². The zero-order valence-corrected chi connectivity index (χ0v) is 19.7. The molecule has 2 fully saturated rings. The molecule has 3 atom stereocenters. The predicted octanol–water partition coefficient (Wildman–Crippen LogP) is 3.40. The Morgan fingerprint density at radius 1 is 1.09 bits per heavy atom. The van der Waals surface area contributed by atoms with E-state index in [4.69, 9.17) is 9.47 Å². The molecule has 2 amide bonds. The highest BCUT2D eigenvalue weighted by Gasteiger charge is 2.51. The lowest BCUT2D eigenvalue weighted by atomic mass is 9.91. The molecular weight excluding hydrogens is 448 g/mol. The molecule has 0 saturated carbocycles. The first-order valence-corrected chi connectivity index (χ1v) is 12.2. The van der Waals surface area contributed by atoms with Gasteiger partial charge in [0.25, 0.3) is 0 Å². The maximum absolute atomic E-state index is 13.4. The summed E-state index contributed by atoms with van der Waals surface area (Å²) in [6.45, 7) is 2.68. The molecule has 0 spiro atoms. The molecule has 8 nitrogen and oxygen atoms in total. The van der Waals surface area contributed by atoms with E-state index in [-0.39, 0.29) is 31.6 Å². The summed E-state index contributed by atoms with van der Waals surface area (Å²) < 4.78 is 11.2. The Morgan fingerprint density at radius 3 is 2.37 bits per heavy atom. The van der Waals surface area contributed by atoms with Crippen LogP contribution in [-0.4, -0.2) is 65.9 Å². The predicted molar refractivity (Wildman–Crippen MR) is 128 cm³/mol. The third-order valence-electron chi connectivity index (χ3n) is 7.78. The van der Waals surface area contributed by atoms with Gasteiger partial charge in [-0.25, -0.2) is 9.59 Å².